The predicted octanol–water partition coefficient (Wildman–Crippen LogP) is 2.78. The molecule has 0 amide bonds. The van der Waals surface area contributed by atoms with Crippen molar-refractivity contribution in [3.8, 4) is 11.8 Å². The highest BCUT2D eigenvalue weighted by Crippen LogP contribution is 2.36. The monoisotopic (exact) mass is 378 g/mol. The lowest BCUT2D eigenvalue weighted by atomic mass is 10.2. The van der Waals surface area contributed by atoms with Crippen molar-refractivity contribution in [2.75, 3.05) is 19.7 Å². The zero-order valence-electron chi connectivity index (χ0n) is 12.2. The Balaban J connectivity index is 2.36. The fourth-order valence-corrected chi connectivity index (χ4v) is 4.59. The third kappa shape index (κ3) is 4.28. The molecule has 0 aromatic heterocycles. The molecule has 2 rings (SSSR count). The number of aromatic hydroxyl groups is 1. The summed E-state index contributed by atoms with van der Waals surface area (Å²) < 4.78 is 32.3. The Morgan fingerprint density at radius 3 is 2.78 bits per heavy atom. The van der Waals surface area contributed by atoms with Crippen LogP contribution in [0.5, 0.6) is 5.75 Å². The Morgan fingerprint density at radius 2 is 2.17 bits per heavy atom. The van der Waals surface area contributed by atoms with Crippen molar-refractivity contribution < 1.29 is 18.3 Å². The van der Waals surface area contributed by atoms with E-state index in [4.69, 9.17) is 33.2 Å². The number of hydrogen-bond donors (Lipinski definition) is 1. The van der Waals surface area contributed by atoms with Gasteiger partial charge in [0.1, 0.15) is 4.90 Å². The Bertz CT molecular complexity index is 712. The van der Waals surface area contributed by atoms with Crippen LogP contribution in [0.3, 0.4) is 0 Å². The third-order valence-corrected chi connectivity index (χ3v) is 5.90. The van der Waals surface area contributed by atoms with Crippen LogP contribution in [0.4, 0.5) is 0 Å². The van der Waals surface area contributed by atoms with Crippen molar-refractivity contribution >= 4 is 33.2 Å². The first kappa shape index (κ1) is 18.3. The lowest BCUT2D eigenvalue weighted by Crippen LogP contribution is -2.38. The Kier molecular flexibility index (Phi) is 6.12. The van der Waals surface area contributed by atoms with E-state index in [0.29, 0.717) is 6.61 Å². The molecule has 23 heavy (non-hydrogen) atoms. The molecule has 1 aliphatic heterocycles. The van der Waals surface area contributed by atoms with Gasteiger partial charge in [-0.05, 0) is 25.0 Å². The lowest BCUT2D eigenvalue weighted by molar-refractivity contribution is 0.0941. The average Bonchev–Trinajstić information content (AvgIpc) is 3.00. The van der Waals surface area contributed by atoms with Gasteiger partial charge >= 0.3 is 0 Å². The molecule has 6 nitrogen and oxygen atoms in total. The maximum atomic E-state index is 12.8. The summed E-state index contributed by atoms with van der Waals surface area (Å²) in [4.78, 5) is -0.370. The Hall–Kier alpha value is -1.04. The van der Waals surface area contributed by atoms with Crippen LogP contribution in [0, 0.1) is 11.3 Å². The smallest absolute Gasteiger partial charge is 0.246 e. The molecule has 0 aliphatic carbocycles. The van der Waals surface area contributed by atoms with Gasteiger partial charge in [-0.2, -0.15) is 9.57 Å². The topological polar surface area (TPSA) is 90.6 Å². The molecule has 0 radical (unpaired) electrons. The van der Waals surface area contributed by atoms with Gasteiger partial charge in [0.15, 0.2) is 5.75 Å². The summed E-state index contributed by atoms with van der Waals surface area (Å²) in [5, 5.41) is 18.7. The zero-order valence-corrected chi connectivity index (χ0v) is 14.5. The fourth-order valence-electron chi connectivity index (χ4n) is 2.38. The molecule has 1 heterocycles. The van der Waals surface area contributed by atoms with Crippen molar-refractivity contribution in [2.24, 2.45) is 0 Å². The summed E-state index contributed by atoms with van der Waals surface area (Å²) in [5.41, 5.74) is 0. The van der Waals surface area contributed by atoms with Crippen LogP contribution in [-0.2, 0) is 14.8 Å². The van der Waals surface area contributed by atoms with E-state index in [1.54, 1.807) is 0 Å². The number of benzene rings is 1. The number of rotatable bonds is 6. The molecule has 1 aromatic carbocycles. The SMILES string of the molecule is N#CCCN(CC1CCCO1)S(=O)(=O)c1cc(Cl)cc(Cl)c1O. The summed E-state index contributed by atoms with van der Waals surface area (Å²) in [6, 6.07) is 4.33. The van der Waals surface area contributed by atoms with Gasteiger partial charge in [0.2, 0.25) is 10.0 Å². The van der Waals surface area contributed by atoms with Crippen LogP contribution in [0.15, 0.2) is 17.0 Å². The average molecular weight is 379 g/mol. The molecular weight excluding hydrogens is 363 g/mol. The summed E-state index contributed by atoms with van der Waals surface area (Å²) in [6.07, 6.45) is 1.42. The van der Waals surface area contributed by atoms with Crippen molar-refractivity contribution in [3.05, 3.63) is 22.2 Å². The summed E-state index contributed by atoms with van der Waals surface area (Å²) in [6.45, 7) is 0.709. The van der Waals surface area contributed by atoms with E-state index < -0.39 is 15.8 Å². The van der Waals surface area contributed by atoms with Gasteiger partial charge in [0.25, 0.3) is 0 Å². The largest absolute Gasteiger partial charge is 0.505 e. The Labute approximate surface area is 145 Å². The van der Waals surface area contributed by atoms with E-state index in [0.717, 1.165) is 23.2 Å². The maximum absolute atomic E-state index is 12.8. The normalized spacial score (nSPS) is 18.3. The first-order chi connectivity index (χ1) is 10.9. The van der Waals surface area contributed by atoms with Gasteiger partial charge in [0.05, 0.1) is 17.2 Å². The minimum atomic E-state index is -4.05. The van der Waals surface area contributed by atoms with Gasteiger partial charge in [-0.15, -0.1) is 0 Å². The molecular formula is C14H16Cl2N2O4S. The van der Waals surface area contributed by atoms with Crippen LogP contribution < -0.4 is 0 Å². The van der Waals surface area contributed by atoms with Crippen molar-refractivity contribution in [2.45, 2.75) is 30.3 Å². The van der Waals surface area contributed by atoms with Crippen LogP contribution in [0.25, 0.3) is 0 Å². The number of phenolic OH excluding ortho intramolecular Hbond substituents is 1. The molecule has 126 valence electrons. The molecule has 0 bridgehead atoms. The standard InChI is InChI=1S/C14H16Cl2N2O4S/c15-10-7-12(16)14(19)13(8-10)23(20,21)18(5-2-4-17)9-11-3-1-6-22-11/h7-8,11,19H,1-3,5-6,9H2. The second-order valence-corrected chi connectivity index (χ2v) is 7.89. The van der Waals surface area contributed by atoms with Crippen molar-refractivity contribution in [1.82, 2.24) is 4.31 Å². The highest BCUT2D eigenvalue weighted by molar-refractivity contribution is 7.89. The first-order valence-electron chi connectivity index (χ1n) is 7.03. The second-order valence-electron chi connectivity index (χ2n) is 5.14. The molecule has 1 fully saturated rings. The van der Waals surface area contributed by atoms with Gasteiger partial charge in [0, 0.05) is 31.1 Å². The number of ether oxygens (including phenoxy) is 1. The molecule has 0 saturated carbocycles. The van der Waals surface area contributed by atoms with Crippen LogP contribution >= 0.6 is 23.2 Å². The van der Waals surface area contributed by atoms with Gasteiger partial charge in [-0.1, -0.05) is 23.2 Å². The van der Waals surface area contributed by atoms with Crippen LogP contribution in [-0.4, -0.2) is 43.6 Å². The highest BCUT2D eigenvalue weighted by Gasteiger charge is 2.31. The van der Waals surface area contributed by atoms with Crippen molar-refractivity contribution in [3.63, 3.8) is 0 Å². The summed E-state index contributed by atoms with van der Waals surface area (Å²) in [7, 11) is -4.05. The molecule has 0 spiro atoms. The number of nitriles is 1. The molecule has 1 atom stereocenters. The van der Waals surface area contributed by atoms with E-state index in [1.807, 2.05) is 6.07 Å². The van der Waals surface area contributed by atoms with Gasteiger partial charge in [-0.3, -0.25) is 0 Å². The fraction of sp³-hybridized carbons (Fsp3) is 0.500. The first-order valence-corrected chi connectivity index (χ1v) is 9.22. The van der Waals surface area contributed by atoms with E-state index in [2.05, 4.69) is 0 Å². The number of hydrogen-bond acceptors (Lipinski definition) is 5. The van der Waals surface area contributed by atoms with E-state index >= 15 is 0 Å². The maximum Gasteiger partial charge on any atom is 0.246 e. The van der Waals surface area contributed by atoms with Crippen LogP contribution in [0.1, 0.15) is 19.3 Å². The zero-order chi connectivity index (χ0) is 17.0. The molecule has 1 N–H and O–H groups in total. The summed E-state index contributed by atoms with van der Waals surface area (Å²) in [5.74, 6) is -0.551. The number of phenols is 1. The Morgan fingerprint density at radius 1 is 1.43 bits per heavy atom. The van der Waals surface area contributed by atoms with E-state index in [-0.39, 0.29) is 40.6 Å². The molecule has 9 heteroatoms. The molecule has 1 unspecified atom stereocenters. The van der Waals surface area contributed by atoms with E-state index in [1.165, 1.54) is 6.07 Å². The molecule has 1 aliphatic rings. The molecule has 1 aromatic rings. The number of halogens is 2. The number of sulfonamides is 1. The van der Waals surface area contributed by atoms with E-state index in [9.17, 15) is 13.5 Å². The predicted molar refractivity (Wildman–Crippen MR) is 86.1 cm³/mol. The van der Waals surface area contributed by atoms with Gasteiger partial charge < -0.3 is 9.84 Å². The van der Waals surface area contributed by atoms with Crippen molar-refractivity contribution in [1.29, 1.82) is 5.26 Å². The lowest BCUT2D eigenvalue weighted by Gasteiger charge is -2.24. The minimum Gasteiger partial charge on any atom is -0.505 e. The second kappa shape index (κ2) is 7.69. The quantitative estimate of drug-likeness (QED) is 0.821. The van der Waals surface area contributed by atoms with Crippen LogP contribution in [0.2, 0.25) is 10.0 Å². The number of nitrogens with zero attached hydrogens (tertiary/aromatic N) is 2. The van der Waals surface area contributed by atoms with Gasteiger partial charge in [-0.25, -0.2) is 8.42 Å². The molecule has 1 saturated heterocycles. The minimum absolute atomic E-state index is 0.00225. The highest BCUT2D eigenvalue weighted by atomic mass is 35.5. The third-order valence-electron chi connectivity index (χ3n) is 3.52. The summed E-state index contributed by atoms with van der Waals surface area (Å²) >= 11 is 11.7.